The van der Waals surface area contributed by atoms with Crippen LogP contribution in [0.3, 0.4) is 0 Å². The number of hydrogen-bond acceptors (Lipinski definition) is 4. The molecule has 1 aromatic carbocycles. The highest BCUT2D eigenvalue weighted by Gasteiger charge is 2.39. The minimum absolute atomic E-state index is 0.190. The van der Waals surface area contributed by atoms with Crippen LogP contribution in [0.4, 0.5) is 0 Å². The van der Waals surface area contributed by atoms with Crippen LogP contribution >= 0.6 is 34.5 Å². The number of halogens is 2. The Bertz CT molecular complexity index is 839. The number of nitrogens with zero attached hydrogens (tertiary/aromatic N) is 2. The summed E-state index contributed by atoms with van der Waals surface area (Å²) >= 11 is 13.4. The number of amides is 1. The number of carboxylic acids is 1. The van der Waals surface area contributed by atoms with Crippen molar-refractivity contribution >= 4 is 46.4 Å². The Morgan fingerprint density at radius 2 is 2.12 bits per heavy atom. The molecule has 1 aromatic heterocycles. The SMILES string of the molecule is CC1(C(=O)O)CCCN(C(=O)c2csc(-c3ccc(Cl)cc3Cl)n2)C1. The van der Waals surface area contributed by atoms with Crippen molar-refractivity contribution in [2.75, 3.05) is 13.1 Å². The first kappa shape index (κ1) is 18.2. The number of thiazole rings is 1. The third-order valence-corrected chi connectivity index (χ3v) is 5.81. The van der Waals surface area contributed by atoms with Gasteiger partial charge in [-0.1, -0.05) is 23.2 Å². The van der Waals surface area contributed by atoms with E-state index in [-0.39, 0.29) is 12.5 Å². The lowest BCUT2D eigenvalue weighted by Gasteiger charge is -2.37. The fourth-order valence-electron chi connectivity index (χ4n) is 2.91. The summed E-state index contributed by atoms with van der Waals surface area (Å²) < 4.78 is 0. The maximum absolute atomic E-state index is 12.7. The van der Waals surface area contributed by atoms with Gasteiger partial charge >= 0.3 is 5.97 Å². The van der Waals surface area contributed by atoms with Gasteiger partial charge in [0.2, 0.25) is 0 Å². The monoisotopic (exact) mass is 398 g/mol. The van der Waals surface area contributed by atoms with E-state index in [1.54, 1.807) is 35.4 Å². The lowest BCUT2D eigenvalue weighted by atomic mass is 9.82. The van der Waals surface area contributed by atoms with Gasteiger partial charge in [0.15, 0.2) is 0 Å². The molecule has 1 atom stereocenters. The maximum Gasteiger partial charge on any atom is 0.311 e. The first-order chi connectivity index (χ1) is 11.8. The number of benzene rings is 1. The highest BCUT2D eigenvalue weighted by atomic mass is 35.5. The predicted octanol–water partition coefficient (Wildman–Crippen LogP) is 4.44. The summed E-state index contributed by atoms with van der Waals surface area (Å²) in [5.41, 5.74) is 0.108. The van der Waals surface area contributed by atoms with Gasteiger partial charge in [-0.05, 0) is 38.0 Å². The summed E-state index contributed by atoms with van der Waals surface area (Å²) in [7, 11) is 0. The average molecular weight is 399 g/mol. The van der Waals surface area contributed by atoms with Crippen LogP contribution in [-0.2, 0) is 4.79 Å². The second-order valence-corrected chi connectivity index (χ2v) is 8.06. The molecule has 0 saturated carbocycles. The molecule has 8 heteroatoms. The van der Waals surface area contributed by atoms with Crippen LogP contribution in [0.2, 0.25) is 10.0 Å². The zero-order chi connectivity index (χ0) is 18.2. The number of rotatable bonds is 3. The van der Waals surface area contributed by atoms with Crippen molar-refractivity contribution in [1.29, 1.82) is 0 Å². The minimum Gasteiger partial charge on any atom is -0.481 e. The number of carboxylic acid groups (broad SMARTS) is 1. The Morgan fingerprint density at radius 3 is 2.80 bits per heavy atom. The van der Waals surface area contributed by atoms with E-state index in [2.05, 4.69) is 4.98 Å². The molecular formula is C17H16Cl2N2O3S. The number of likely N-dealkylation sites (tertiary alicyclic amines) is 1. The molecule has 1 unspecified atom stereocenters. The molecule has 0 aliphatic carbocycles. The number of aromatic nitrogens is 1. The first-order valence-electron chi connectivity index (χ1n) is 7.74. The molecule has 25 heavy (non-hydrogen) atoms. The van der Waals surface area contributed by atoms with E-state index < -0.39 is 11.4 Å². The molecule has 0 radical (unpaired) electrons. The highest BCUT2D eigenvalue weighted by molar-refractivity contribution is 7.13. The number of aliphatic carboxylic acids is 1. The van der Waals surface area contributed by atoms with Gasteiger partial charge in [-0.3, -0.25) is 9.59 Å². The summed E-state index contributed by atoms with van der Waals surface area (Å²) in [6.45, 7) is 2.40. The van der Waals surface area contributed by atoms with Gasteiger partial charge in [0.05, 0.1) is 10.4 Å². The maximum atomic E-state index is 12.7. The fourth-order valence-corrected chi connectivity index (χ4v) is 4.29. The van der Waals surface area contributed by atoms with Gasteiger partial charge in [-0.2, -0.15) is 0 Å². The first-order valence-corrected chi connectivity index (χ1v) is 9.37. The third kappa shape index (κ3) is 3.66. The molecule has 2 aromatic rings. The molecule has 132 valence electrons. The van der Waals surface area contributed by atoms with Gasteiger partial charge < -0.3 is 10.0 Å². The molecule has 1 aliphatic rings. The number of piperidine rings is 1. The Hall–Kier alpha value is -1.63. The fraction of sp³-hybridized carbons (Fsp3) is 0.353. The Labute approximate surface area is 159 Å². The highest BCUT2D eigenvalue weighted by Crippen LogP contribution is 2.34. The summed E-state index contributed by atoms with van der Waals surface area (Å²) in [5, 5.41) is 12.7. The van der Waals surface area contributed by atoms with Gasteiger partial charge in [0, 0.05) is 29.1 Å². The molecule has 1 amide bonds. The molecule has 2 heterocycles. The lowest BCUT2D eigenvalue weighted by molar-refractivity contribution is -0.150. The molecule has 5 nitrogen and oxygen atoms in total. The smallest absolute Gasteiger partial charge is 0.311 e. The molecule has 0 spiro atoms. The van der Waals surface area contributed by atoms with Crippen LogP contribution in [0.15, 0.2) is 23.6 Å². The van der Waals surface area contributed by atoms with Crippen molar-refractivity contribution in [3.8, 4) is 10.6 Å². The average Bonchev–Trinajstić information content (AvgIpc) is 3.03. The van der Waals surface area contributed by atoms with Crippen molar-refractivity contribution in [2.45, 2.75) is 19.8 Å². The number of hydrogen-bond donors (Lipinski definition) is 1. The second kappa shape index (κ2) is 6.94. The molecule has 3 rings (SSSR count). The molecular weight excluding hydrogens is 383 g/mol. The normalized spacial score (nSPS) is 20.5. The number of carbonyl (C=O) groups excluding carboxylic acids is 1. The van der Waals surface area contributed by atoms with E-state index in [1.165, 1.54) is 11.3 Å². The van der Waals surface area contributed by atoms with Crippen molar-refractivity contribution < 1.29 is 14.7 Å². The van der Waals surface area contributed by atoms with Crippen molar-refractivity contribution in [3.63, 3.8) is 0 Å². The van der Waals surface area contributed by atoms with Crippen molar-refractivity contribution in [3.05, 3.63) is 39.3 Å². The van der Waals surface area contributed by atoms with Gasteiger partial charge in [-0.15, -0.1) is 11.3 Å². The van der Waals surface area contributed by atoms with Crippen molar-refractivity contribution in [1.82, 2.24) is 9.88 Å². The molecule has 1 N–H and O–H groups in total. The molecule has 1 saturated heterocycles. The van der Waals surface area contributed by atoms with E-state index in [4.69, 9.17) is 23.2 Å². The summed E-state index contributed by atoms with van der Waals surface area (Å²) in [6, 6.07) is 5.11. The van der Waals surface area contributed by atoms with E-state index in [1.807, 2.05) is 0 Å². The van der Waals surface area contributed by atoms with E-state index in [9.17, 15) is 14.7 Å². The summed E-state index contributed by atoms with van der Waals surface area (Å²) in [4.78, 5) is 30.1. The van der Waals surface area contributed by atoms with Gasteiger partial charge in [0.1, 0.15) is 10.7 Å². The van der Waals surface area contributed by atoms with Crippen LogP contribution in [0.1, 0.15) is 30.3 Å². The number of carbonyl (C=O) groups is 2. The predicted molar refractivity (Wildman–Crippen MR) is 98.5 cm³/mol. The zero-order valence-corrected chi connectivity index (χ0v) is 15.8. The second-order valence-electron chi connectivity index (χ2n) is 6.36. The van der Waals surface area contributed by atoms with E-state index in [0.717, 1.165) is 0 Å². The van der Waals surface area contributed by atoms with Gasteiger partial charge in [-0.25, -0.2) is 4.98 Å². The zero-order valence-electron chi connectivity index (χ0n) is 13.5. The van der Waals surface area contributed by atoms with Crippen LogP contribution in [0, 0.1) is 5.41 Å². The topological polar surface area (TPSA) is 70.5 Å². The van der Waals surface area contributed by atoms with Crippen LogP contribution in [-0.4, -0.2) is 40.0 Å². The van der Waals surface area contributed by atoms with E-state index >= 15 is 0 Å². The summed E-state index contributed by atoms with van der Waals surface area (Å²) in [6.07, 6.45) is 1.23. The quantitative estimate of drug-likeness (QED) is 0.828. The standard InChI is InChI=1S/C17H16Cl2N2O3S/c1-17(16(23)24)5-2-6-21(9-17)15(22)13-8-25-14(20-13)11-4-3-10(18)7-12(11)19/h3-4,7-8H,2,5-6,9H2,1H3,(H,23,24). The lowest BCUT2D eigenvalue weighted by Crippen LogP contribution is -2.48. The molecule has 1 aliphatic heterocycles. The molecule has 1 fully saturated rings. The van der Waals surface area contributed by atoms with E-state index in [0.29, 0.717) is 45.7 Å². The minimum atomic E-state index is -0.910. The van der Waals surface area contributed by atoms with Crippen LogP contribution in [0.25, 0.3) is 10.6 Å². The van der Waals surface area contributed by atoms with Gasteiger partial charge in [0.25, 0.3) is 5.91 Å². The third-order valence-electron chi connectivity index (χ3n) is 4.38. The van der Waals surface area contributed by atoms with Crippen molar-refractivity contribution in [2.24, 2.45) is 5.41 Å². The Morgan fingerprint density at radius 1 is 1.36 bits per heavy atom. The van der Waals surface area contributed by atoms with Crippen LogP contribution in [0.5, 0.6) is 0 Å². The Kier molecular flexibility index (Phi) is 5.04. The van der Waals surface area contributed by atoms with Crippen LogP contribution < -0.4 is 0 Å². The largest absolute Gasteiger partial charge is 0.481 e. The Balaban J connectivity index is 1.82. The molecule has 0 bridgehead atoms. The summed E-state index contributed by atoms with van der Waals surface area (Å²) in [5.74, 6) is -1.13.